The highest BCUT2D eigenvalue weighted by Gasteiger charge is 2.13. The van der Waals surface area contributed by atoms with E-state index in [1.165, 1.54) is 4.90 Å². The van der Waals surface area contributed by atoms with E-state index < -0.39 is 0 Å². The molecule has 1 aromatic carbocycles. The van der Waals surface area contributed by atoms with Crippen LogP contribution in [0.5, 0.6) is 0 Å². The Bertz CT molecular complexity index is 1160. The highest BCUT2D eigenvalue weighted by molar-refractivity contribution is 5.96. The van der Waals surface area contributed by atoms with E-state index in [1.807, 2.05) is 36.4 Å². The lowest BCUT2D eigenvalue weighted by atomic mass is 10.0. The smallest absolute Gasteiger partial charge is 0.254 e. The van der Waals surface area contributed by atoms with Crippen LogP contribution in [0.4, 0.5) is 5.82 Å². The summed E-state index contributed by atoms with van der Waals surface area (Å²) in [6.07, 6.45) is 5.10. The van der Waals surface area contributed by atoms with Crippen molar-refractivity contribution in [2.75, 3.05) is 19.8 Å². The minimum absolute atomic E-state index is 0.0952. The van der Waals surface area contributed by atoms with Crippen molar-refractivity contribution in [3.63, 3.8) is 0 Å². The average molecular weight is 369 g/mol. The zero-order valence-corrected chi connectivity index (χ0v) is 15.6. The minimum Gasteiger partial charge on any atom is -0.383 e. The molecule has 138 valence electrons. The van der Waals surface area contributed by atoms with E-state index in [-0.39, 0.29) is 5.91 Å². The molecule has 0 radical (unpaired) electrons. The number of aromatic nitrogens is 3. The Hall–Kier alpha value is -3.80. The molecule has 0 unspecified atom stereocenters. The van der Waals surface area contributed by atoms with E-state index in [9.17, 15) is 4.79 Å². The van der Waals surface area contributed by atoms with Crippen LogP contribution in [0.15, 0.2) is 67.1 Å². The third kappa shape index (κ3) is 3.16. The predicted molar refractivity (Wildman–Crippen MR) is 111 cm³/mol. The fraction of sp³-hybridized carbons (Fsp3) is 0.0909. The number of nitrogen functional groups attached to an aromatic ring is 1. The zero-order valence-electron chi connectivity index (χ0n) is 15.6. The van der Waals surface area contributed by atoms with Gasteiger partial charge < -0.3 is 10.6 Å². The number of amides is 1. The van der Waals surface area contributed by atoms with Crippen molar-refractivity contribution in [2.24, 2.45) is 0 Å². The molecule has 2 N–H and O–H groups in total. The summed E-state index contributed by atoms with van der Waals surface area (Å²) in [5.74, 6) is 0.295. The topological polar surface area (TPSA) is 85.0 Å². The van der Waals surface area contributed by atoms with E-state index >= 15 is 0 Å². The number of hydrogen-bond acceptors (Lipinski definition) is 5. The van der Waals surface area contributed by atoms with Crippen molar-refractivity contribution in [3.8, 4) is 22.4 Å². The van der Waals surface area contributed by atoms with Crippen LogP contribution in [-0.2, 0) is 0 Å². The van der Waals surface area contributed by atoms with E-state index in [1.54, 1.807) is 44.8 Å². The highest BCUT2D eigenvalue weighted by atomic mass is 16.2. The fourth-order valence-electron chi connectivity index (χ4n) is 3.11. The molecule has 0 fully saturated rings. The first kappa shape index (κ1) is 17.6. The molecule has 0 saturated carbocycles. The Morgan fingerprint density at radius 1 is 0.929 bits per heavy atom. The van der Waals surface area contributed by atoms with Crippen LogP contribution in [-0.4, -0.2) is 39.9 Å². The first-order valence-electron chi connectivity index (χ1n) is 8.82. The summed E-state index contributed by atoms with van der Waals surface area (Å²) < 4.78 is 0. The number of carbonyl (C=O) groups is 1. The summed E-state index contributed by atoms with van der Waals surface area (Å²) in [6.45, 7) is 0. The number of pyridine rings is 3. The van der Waals surface area contributed by atoms with E-state index in [0.717, 1.165) is 27.6 Å². The second-order valence-electron chi connectivity index (χ2n) is 6.66. The molecule has 0 aliphatic heterocycles. The van der Waals surface area contributed by atoms with Gasteiger partial charge in [-0.1, -0.05) is 18.2 Å². The number of fused-ring (bicyclic) bond motifs is 1. The second kappa shape index (κ2) is 7.08. The number of rotatable bonds is 3. The van der Waals surface area contributed by atoms with Crippen molar-refractivity contribution in [2.45, 2.75) is 0 Å². The molecule has 28 heavy (non-hydrogen) atoms. The maximum absolute atomic E-state index is 12.1. The van der Waals surface area contributed by atoms with Crippen molar-refractivity contribution >= 4 is 22.6 Å². The van der Waals surface area contributed by atoms with Crippen LogP contribution >= 0.6 is 0 Å². The third-order valence-corrected chi connectivity index (χ3v) is 4.57. The molecule has 0 aliphatic carbocycles. The molecular formula is C22H19N5O. The van der Waals surface area contributed by atoms with E-state index in [0.29, 0.717) is 17.1 Å². The van der Waals surface area contributed by atoms with Gasteiger partial charge in [-0.2, -0.15) is 0 Å². The summed E-state index contributed by atoms with van der Waals surface area (Å²) in [6, 6.07) is 15.4. The molecule has 6 nitrogen and oxygen atoms in total. The third-order valence-electron chi connectivity index (χ3n) is 4.57. The first-order valence-corrected chi connectivity index (χ1v) is 8.82. The van der Waals surface area contributed by atoms with Gasteiger partial charge in [-0.25, -0.2) is 4.98 Å². The monoisotopic (exact) mass is 369 g/mol. The molecule has 1 amide bonds. The number of nitrogens with two attached hydrogens (primary N) is 1. The number of anilines is 1. The van der Waals surface area contributed by atoms with Crippen LogP contribution in [0, 0.1) is 0 Å². The Morgan fingerprint density at radius 3 is 2.50 bits per heavy atom. The first-order chi connectivity index (χ1) is 13.5. The van der Waals surface area contributed by atoms with Gasteiger partial charge >= 0.3 is 0 Å². The lowest BCUT2D eigenvalue weighted by Gasteiger charge is -2.12. The number of para-hydroxylation sites is 1. The molecule has 4 rings (SSSR count). The number of benzene rings is 1. The standard InChI is InChI=1S/C22H19N5O/c1-27(2)22(28)14-7-8-20(25-12-14)18-11-15(13-26-21(18)23)16-9-10-24-19-6-4-3-5-17(16)19/h3-13H,1-2H3,(H2,23,26). The SMILES string of the molecule is CN(C)C(=O)c1ccc(-c2cc(-c3ccnc4ccccc34)cnc2N)nc1. The van der Waals surface area contributed by atoms with Crippen LogP contribution in [0.25, 0.3) is 33.3 Å². The zero-order chi connectivity index (χ0) is 19.7. The van der Waals surface area contributed by atoms with E-state index in [2.05, 4.69) is 15.0 Å². The Morgan fingerprint density at radius 2 is 1.75 bits per heavy atom. The fourth-order valence-corrected chi connectivity index (χ4v) is 3.11. The molecule has 0 aliphatic rings. The van der Waals surface area contributed by atoms with Gasteiger partial charge in [0.25, 0.3) is 5.91 Å². The number of carbonyl (C=O) groups excluding carboxylic acids is 1. The molecule has 0 atom stereocenters. The van der Waals surface area contributed by atoms with Gasteiger partial charge in [0.15, 0.2) is 0 Å². The molecular weight excluding hydrogens is 350 g/mol. The van der Waals surface area contributed by atoms with Crippen LogP contribution in [0.1, 0.15) is 10.4 Å². The van der Waals surface area contributed by atoms with Crippen molar-refractivity contribution < 1.29 is 4.79 Å². The van der Waals surface area contributed by atoms with Crippen LogP contribution in [0.2, 0.25) is 0 Å². The largest absolute Gasteiger partial charge is 0.383 e. The van der Waals surface area contributed by atoms with Gasteiger partial charge in [0.05, 0.1) is 16.8 Å². The molecule has 0 spiro atoms. The molecule has 4 aromatic rings. The summed E-state index contributed by atoms with van der Waals surface area (Å²) in [5.41, 5.74) is 10.9. The van der Waals surface area contributed by atoms with Gasteiger partial charge in [0.1, 0.15) is 5.82 Å². The van der Waals surface area contributed by atoms with Crippen LogP contribution in [0.3, 0.4) is 0 Å². The van der Waals surface area contributed by atoms with Gasteiger partial charge in [-0.15, -0.1) is 0 Å². The second-order valence-corrected chi connectivity index (χ2v) is 6.66. The minimum atomic E-state index is -0.0952. The molecule has 3 heterocycles. The Labute approximate surface area is 162 Å². The van der Waals surface area contributed by atoms with Crippen molar-refractivity contribution in [1.29, 1.82) is 0 Å². The Kier molecular flexibility index (Phi) is 4.45. The quantitative estimate of drug-likeness (QED) is 0.596. The van der Waals surface area contributed by atoms with Crippen molar-refractivity contribution in [1.82, 2.24) is 19.9 Å². The highest BCUT2D eigenvalue weighted by Crippen LogP contribution is 2.32. The predicted octanol–water partition coefficient (Wildman–Crippen LogP) is 3.64. The summed E-state index contributed by atoms with van der Waals surface area (Å²) in [5, 5.41) is 1.04. The summed E-state index contributed by atoms with van der Waals surface area (Å²) >= 11 is 0. The van der Waals surface area contributed by atoms with Crippen LogP contribution < -0.4 is 5.73 Å². The summed E-state index contributed by atoms with van der Waals surface area (Å²) in [7, 11) is 3.42. The molecule has 0 bridgehead atoms. The maximum Gasteiger partial charge on any atom is 0.254 e. The van der Waals surface area contributed by atoms with E-state index in [4.69, 9.17) is 5.73 Å². The molecule has 3 aromatic heterocycles. The average Bonchev–Trinajstić information content (AvgIpc) is 2.73. The summed E-state index contributed by atoms with van der Waals surface area (Å²) in [4.78, 5) is 26.8. The Balaban J connectivity index is 1.79. The molecule has 0 saturated heterocycles. The number of hydrogen-bond donors (Lipinski definition) is 1. The molecule has 6 heteroatoms. The van der Waals surface area contributed by atoms with Gasteiger partial charge in [0, 0.05) is 49.2 Å². The normalized spacial score (nSPS) is 10.8. The maximum atomic E-state index is 12.1. The number of nitrogens with zero attached hydrogens (tertiary/aromatic N) is 4. The lowest BCUT2D eigenvalue weighted by molar-refractivity contribution is 0.0827. The van der Waals surface area contributed by atoms with Gasteiger partial charge in [-0.05, 0) is 35.9 Å². The van der Waals surface area contributed by atoms with Gasteiger partial charge in [0.2, 0.25) is 0 Å². The lowest BCUT2D eigenvalue weighted by Crippen LogP contribution is -2.21. The van der Waals surface area contributed by atoms with Gasteiger partial charge in [-0.3, -0.25) is 14.8 Å². The van der Waals surface area contributed by atoms with Crippen molar-refractivity contribution in [3.05, 3.63) is 72.7 Å².